The molecule has 0 spiro atoms. The lowest BCUT2D eigenvalue weighted by atomic mass is 10.0. The summed E-state index contributed by atoms with van der Waals surface area (Å²) < 4.78 is 12.5. The second kappa shape index (κ2) is 11.4. The standard InChI is InChI=1S/C25H27BrN4O3/c1-2-25(31)29-23-15-20-21(14-18-5-3-6-19(26)13-18)27-17-28-22(20)16-24(23)33-10-4-7-30-8-11-32-12-9-30/h2-3,5-6,13,15-17H,1,4,7-12,14H2,(H,29,31). The molecule has 8 heteroatoms. The van der Waals surface area contributed by atoms with E-state index in [4.69, 9.17) is 9.47 Å². The number of ether oxygens (including phenoxy) is 2. The molecule has 3 aromatic rings. The number of aromatic nitrogens is 2. The van der Waals surface area contributed by atoms with E-state index in [9.17, 15) is 4.79 Å². The number of halogens is 1. The molecule has 0 aliphatic carbocycles. The molecule has 0 saturated carbocycles. The quantitative estimate of drug-likeness (QED) is 0.343. The maximum absolute atomic E-state index is 12.1. The van der Waals surface area contributed by atoms with Crippen LogP contribution in [0.25, 0.3) is 10.9 Å². The van der Waals surface area contributed by atoms with E-state index in [0.717, 1.165) is 65.9 Å². The number of hydrogen-bond donors (Lipinski definition) is 1. The average Bonchev–Trinajstić information content (AvgIpc) is 2.83. The van der Waals surface area contributed by atoms with Gasteiger partial charge in [0.05, 0.1) is 36.7 Å². The third kappa shape index (κ3) is 6.37. The Morgan fingerprint density at radius 2 is 2.09 bits per heavy atom. The molecule has 1 N–H and O–H groups in total. The van der Waals surface area contributed by atoms with Crippen molar-refractivity contribution in [1.29, 1.82) is 0 Å². The highest BCUT2D eigenvalue weighted by atomic mass is 79.9. The molecular formula is C25H27BrN4O3. The minimum Gasteiger partial charge on any atom is -0.491 e. The van der Waals surface area contributed by atoms with E-state index >= 15 is 0 Å². The monoisotopic (exact) mass is 510 g/mol. The molecule has 172 valence electrons. The molecular weight excluding hydrogens is 484 g/mol. The van der Waals surface area contributed by atoms with Crippen molar-refractivity contribution in [1.82, 2.24) is 14.9 Å². The van der Waals surface area contributed by atoms with E-state index in [1.54, 1.807) is 6.33 Å². The first-order chi connectivity index (χ1) is 16.1. The van der Waals surface area contributed by atoms with Gasteiger partial charge in [-0.25, -0.2) is 9.97 Å². The summed E-state index contributed by atoms with van der Waals surface area (Å²) >= 11 is 3.52. The SMILES string of the molecule is C=CC(=O)Nc1cc2c(Cc3cccc(Br)c3)ncnc2cc1OCCCN1CCOCC1. The number of nitrogens with one attached hydrogen (secondary N) is 1. The Hall–Kier alpha value is -2.81. The van der Waals surface area contributed by atoms with Crippen LogP contribution in [0.5, 0.6) is 5.75 Å². The van der Waals surface area contributed by atoms with Crippen molar-refractivity contribution < 1.29 is 14.3 Å². The molecule has 1 fully saturated rings. The van der Waals surface area contributed by atoms with Crippen molar-refractivity contribution in [3.63, 3.8) is 0 Å². The number of rotatable bonds is 9. The molecule has 0 radical (unpaired) electrons. The normalized spacial score (nSPS) is 14.2. The topological polar surface area (TPSA) is 76.6 Å². The Labute approximate surface area is 201 Å². The largest absolute Gasteiger partial charge is 0.491 e. The second-order valence-electron chi connectivity index (χ2n) is 7.84. The fraction of sp³-hybridized carbons (Fsp3) is 0.320. The van der Waals surface area contributed by atoms with Crippen LogP contribution in [-0.2, 0) is 16.0 Å². The molecule has 1 aliphatic rings. The highest BCUT2D eigenvalue weighted by Gasteiger charge is 2.14. The van der Waals surface area contributed by atoms with E-state index in [-0.39, 0.29) is 5.91 Å². The number of anilines is 1. The molecule has 0 bridgehead atoms. The summed E-state index contributed by atoms with van der Waals surface area (Å²) in [5, 5.41) is 3.74. The summed E-state index contributed by atoms with van der Waals surface area (Å²) in [5.74, 6) is 0.296. The van der Waals surface area contributed by atoms with Gasteiger partial charge in [0.1, 0.15) is 12.1 Å². The predicted octanol–water partition coefficient (Wildman–Crippen LogP) is 4.21. The molecule has 4 rings (SSSR count). The minimum atomic E-state index is -0.294. The molecule has 1 saturated heterocycles. The van der Waals surface area contributed by atoms with Gasteiger partial charge < -0.3 is 14.8 Å². The number of amides is 1. The molecule has 1 amide bonds. The first-order valence-corrected chi connectivity index (χ1v) is 11.8. The number of hydrogen-bond acceptors (Lipinski definition) is 6. The van der Waals surface area contributed by atoms with Crippen molar-refractivity contribution in [3.05, 3.63) is 71.1 Å². The first-order valence-electron chi connectivity index (χ1n) is 11.0. The predicted molar refractivity (Wildman–Crippen MR) is 133 cm³/mol. The van der Waals surface area contributed by atoms with Gasteiger partial charge >= 0.3 is 0 Å². The van der Waals surface area contributed by atoms with Crippen molar-refractivity contribution in [2.24, 2.45) is 0 Å². The number of fused-ring (bicyclic) bond motifs is 1. The lowest BCUT2D eigenvalue weighted by Gasteiger charge is -2.26. The lowest BCUT2D eigenvalue weighted by molar-refractivity contribution is -0.111. The van der Waals surface area contributed by atoms with Gasteiger partial charge in [-0.05, 0) is 36.3 Å². The summed E-state index contributed by atoms with van der Waals surface area (Å²) in [6.07, 6.45) is 4.34. The third-order valence-corrected chi connectivity index (χ3v) is 6.00. The van der Waals surface area contributed by atoms with E-state index < -0.39 is 0 Å². The second-order valence-corrected chi connectivity index (χ2v) is 8.76. The Kier molecular flexibility index (Phi) is 8.04. The maximum atomic E-state index is 12.1. The van der Waals surface area contributed by atoms with Gasteiger partial charge in [0.2, 0.25) is 5.91 Å². The smallest absolute Gasteiger partial charge is 0.247 e. The summed E-state index contributed by atoms with van der Waals surface area (Å²) in [6.45, 7) is 8.52. The fourth-order valence-electron chi connectivity index (χ4n) is 3.81. The number of benzene rings is 2. The van der Waals surface area contributed by atoms with Crippen LogP contribution in [0.2, 0.25) is 0 Å². The highest BCUT2D eigenvalue weighted by molar-refractivity contribution is 9.10. The van der Waals surface area contributed by atoms with Crippen LogP contribution in [0.4, 0.5) is 5.69 Å². The van der Waals surface area contributed by atoms with E-state index in [2.05, 4.69) is 54.8 Å². The van der Waals surface area contributed by atoms with E-state index in [0.29, 0.717) is 24.5 Å². The molecule has 33 heavy (non-hydrogen) atoms. The summed E-state index contributed by atoms with van der Waals surface area (Å²) in [6, 6.07) is 11.9. The molecule has 1 aromatic heterocycles. The van der Waals surface area contributed by atoms with Crippen molar-refractivity contribution in [3.8, 4) is 5.75 Å². The number of carbonyl (C=O) groups excluding carboxylic acids is 1. The molecule has 1 aliphatic heterocycles. The summed E-state index contributed by atoms with van der Waals surface area (Å²) in [4.78, 5) is 23.4. The van der Waals surface area contributed by atoms with Gasteiger partial charge in [-0.15, -0.1) is 0 Å². The van der Waals surface area contributed by atoms with Crippen LogP contribution in [0.15, 0.2) is 59.9 Å². The van der Waals surface area contributed by atoms with Crippen molar-refractivity contribution in [2.75, 3.05) is 44.8 Å². The van der Waals surface area contributed by atoms with Crippen LogP contribution in [0.1, 0.15) is 17.7 Å². The zero-order valence-corrected chi connectivity index (χ0v) is 20.0. The Morgan fingerprint density at radius 3 is 2.88 bits per heavy atom. The van der Waals surface area contributed by atoms with E-state index in [1.807, 2.05) is 24.3 Å². The van der Waals surface area contributed by atoms with Crippen LogP contribution in [0.3, 0.4) is 0 Å². The van der Waals surface area contributed by atoms with Crippen LogP contribution in [-0.4, -0.2) is 60.2 Å². The Balaban J connectivity index is 1.55. The molecule has 2 heterocycles. The molecule has 2 aromatic carbocycles. The molecule has 0 atom stereocenters. The van der Waals surface area contributed by atoms with Crippen molar-refractivity contribution >= 4 is 38.4 Å². The van der Waals surface area contributed by atoms with Gasteiger partial charge in [0.25, 0.3) is 0 Å². The Morgan fingerprint density at radius 1 is 1.24 bits per heavy atom. The van der Waals surface area contributed by atoms with Gasteiger partial charge in [-0.1, -0.05) is 34.6 Å². The van der Waals surface area contributed by atoms with Crippen LogP contribution >= 0.6 is 15.9 Å². The lowest BCUT2D eigenvalue weighted by Crippen LogP contribution is -2.37. The van der Waals surface area contributed by atoms with E-state index in [1.165, 1.54) is 6.08 Å². The Bertz CT molecular complexity index is 1130. The number of nitrogens with zero attached hydrogens (tertiary/aromatic N) is 3. The van der Waals surface area contributed by atoms with Gasteiger partial charge in [0.15, 0.2) is 0 Å². The van der Waals surface area contributed by atoms with Gasteiger partial charge in [0, 0.05) is 42.0 Å². The third-order valence-electron chi connectivity index (χ3n) is 5.50. The van der Waals surface area contributed by atoms with Gasteiger partial charge in [-0.2, -0.15) is 0 Å². The summed E-state index contributed by atoms with van der Waals surface area (Å²) in [5.41, 5.74) is 3.37. The summed E-state index contributed by atoms with van der Waals surface area (Å²) in [7, 11) is 0. The fourth-order valence-corrected chi connectivity index (χ4v) is 4.26. The van der Waals surface area contributed by atoms with Gasteiger partial charge in [-0.3, -0.25) is 9.69 Å². The maximum Gasteiger partial charge on any atom is 0.247 e. The van der Waals surface area contributed by atoms with Crippen LogP contribution in [0, 0.1) is 0 Å². The van der Waals surface area contributed by atoms with Crippen LogP contribution < -0.4 is 10.1 Å². The van der Waals surface area contributed by atoms with Crippen molar-refractivity contribution in [2.45, 2.75) is 12.8 Å². The molecule has 7 nitrogen and oxygen atoms in total. The zero-order chi connectivity index (χ0) is 23.0. The zero-order valence-electron chi connectivity index (χ0n) is 18.4. The highest BCUT2D eigenvalue weighted by Crippen LogP contribution is 2.32. The average molecular weight is 511 g/mol. The minimum absolute atomic E-state index is 0.294. The first kappa shape index (κ1) is 23.4. The number of morpholine rings is 1. The molecule has 0 unspecified atom stereocenters. The number of carbonyl (C=O) groups is 1.